The molecule has 0 aliphatic heterocycles. The molecule has 1 atom stereocenters. The van der Waals surface area contributed by atoms with Gasteiger partial charge >= 0.3 is 0 Å². The minimum absolute atomic E-state index is 0.210. The van der Waals surface area contributed by atoms with E-state index in [1.54, 1.807) is 17.2 Å². The Kier molecular flexibility index (Phi) is 7.14. The van der Waals surface area contributed by atoms with Crippen LogP contribution in [0.1, 0.15) is 41.3 Å². The van der Waals surface area contributed by atoms with Crippen molar-refractivity contribution in [3.8, 4) is 0 Å². The Balaban J connectivity index is 1.71. The first-order valence-electron chi connectivity index (χ1n) is 9.73. The highest BCUT2D eigenvalue weighted by Crippen LogP contribution is 2.18. The van der Waals surface area contributed by atoms with Crippen molar-refractivity contribution >= 4 is 28.8 Å². The van der Waals surface area contributed by atoms with Crippen LogP contribution in [-0.2, 0) is 11.2 Å². The van der Waals surface area contributed by atoms with Gasteiger partial charge in [-0.25, -0.2) is 4.98 Å². The van der Waals surface area contributed by atoms with Gasteiger partial charge in [0.15, 0.2) is 0 Å². The molecule has 3 rings (SSSR count). The van der Waals surface area contributed by atoms with Crippen molar-refractivity contribution in [1.82, 2.24) is 9.88 Å². The van der Waals surface area contributed by atoms with Crippen molar-refractivity contribution in [2.75, 3.05) is 11.9 Å². The number of hydrogen-bond donors (Lipinski definition) is 1. The van der Waals surface area contributed by atoms with Crippen molar-refractivity contribution in [3.63, 3.8) is 0 Å². The molecule has 0 aliphatic rings. The highest BCUT2D eigenvalue weighted by atomic mass is 32.1. The Bertz CT molecular complexity index is 941. The van der Waals surface area contributed by atoms with E-state index in [4.69, 9.17) is 0 Å². The Morgan fingerprint density at radius 2 is 1.72 bits per heavy atom. The molecule has 1 N–H and O–H groups in total. The van der Waals surface area contributed by atoms with Gasteiger partial charge in [0.05, 0.1) is 5.01 Å². The Labute approximate surface area is 175 Å². The lowest BCUT2D eigenvalue weighted by Crippen LogP contribution is -2.46. The number of amides is 2. The van der Waals surface area contributed by atoms with E-state index >= 15 is 0 Å². The lowest BCUT2D eigenvalue weighted by Gasteiger charge is -2.27. The lowest BCUT2D eigenvalue weighted by atomic mass is 10.2. The first kappa shape index (κ1) is 20.7. The van der Waals surface area contributed by atoms with E-state index in [9.17, 15) is 9.59 Å². The van der Waals surface area contributed by atoms with E-state index in [-0.39, 0.29) is 11.8 Å². The largest absolute Gasteiger partial charge is 0.326 e. The number of aromatic nitrogens is 1. The number of nitrogens with one attached hydrogen (secondary N) is 1. The maximum absolute atomic E-state index is 13.1. The van der Waals surface area contributed by atoms with Crippen LogP contribution in [0.25, 0.3) is 0 Å². The molecule has 2 aromatic carbocycles. The van der Waals surface area contributed by atoms with Crippen LogP contribution in [-0.4, -0.2) is 34.3 Å². The summed E-state index contributed by atoms with van der Waals surface area (Å²) < 4.78 is 0. The molecule has 0 spiro atoms. The molecule has 0 saturated carbocycles. The third-order valence-corrected chi connectivity index (χ3v) is 5.43. The number of rotatable bonds is 8. The van der Waals surface area contributed by atoms with Crippen LogP contribution >= 0.6 is 11.3 Å². The van der Waals surface area contributed by atoms with Crippen molar-refractivity contribution in [2.45, 2.75) is 32.7 Å². The topological polar surface area (TPSA) is 62.3 Å². The first-order chi connectivity index (χ1) is 14.1. The number of hydrogen-bond acceptors (Lipinski definition) is 4. The van der Waals surface area contributed by atoms with E-state index in [0.717, 1.165) is 17.0 Å². The molecular formula is C23H25N3O2S. The summed E-state index contributed by atoms with van der Waals surface area (Å²) in [7, 11) is 0. The Morgan fingerprint density at radius 3 is 2.38 bits per heavy atom. The van der Waals surface area contributed by atoms with Crippen LogP contribution in [0.15, 0.2) is 66.0 Å². The molecule has 0 radical (unpaired) electrons. The zero-order valence-electron chi connectivity index (χ0n) is 16.7. The van der Waals surface area contributed by atoms with Crippen LogP contribution in [0.3, 0.4) is 0 Å². The van der Waals surface area contributed by atoms with E-state index < -0.39 is 6.04 Å². The van der Waals surface area contributed by atoms with E-state index in [2.05, 4.69) is 10.3 Å². The van der Waals surface area contributed by atoms with E-state index in [0.29, 0.717) is 24.3 Å². The summed E-state index contributed by atoms with van der Waals surface area (Å²) in [6.07, 6.45) is 1.45. The summed E-state index contributed by atoms with van der Waals surface area (Å²) in [4.78, 5) is 31.9. The van der Waals surface area contributed by atoms with Crippen molar-refractivity contribution < 1.29 is 9.59 Å². The van der Waals surface area contributed by atoms with Gasteiger partial charge in [-0.15, -0.1) is 11.3 Å². The van der Waals surface area contributed by atoms with Gasteiger partial charge in [-0.3, -0.25) is 9.59 Å². The minimum Gasteiger partial charge on any atom is -0.326 e. The molecule has 0 fully saturated rings. The number of para-hydroxylation sites is 1. The van der Waals surface area contributed by atoms with Gasteiger partial charge in [-0.1, -0.05) is 55.5 Å². The lowest BCUT2D eigenvalue weighted by molar-refractivity contribution is -0.120. The number of carbonyl (C=O) groups is 2. The zero-order valence-corrected chi connectivity index (χ0v) is 17.5. The average molecular weight is 408 g/mol. The van der Waals surface area contributed by atoms with E-state index in [1.807, 2.05) is 67.6 Å². The van der Waals surface area contributed by atoms with Gasteiger partial charge in [0.1, 0.15) is 11.7 Å². The molecule has 5 nitrogen and oxygen atoms in total. The second kappa shape index (κ2) is 9.98. The monoisotopic (exact) mass is 407 g/mol. The molecular weight excluding hydrogens is 382 g/mol. The summed E-state index contributed by atoms with van der Waals surface area (Å²) in [5.74, 6) is -0.420. The van der Waals surface area contributed by atoms with Gasteiger partial charge in [-0.05, 0) is 31.0 Å². The SMILES string of the molecule is CCCN(C(=O)c1csc(Cc2ccccc2)n1)C(C)C(=O)Nc1ccccc1. The summed E-state index contributed by atoms with van der Waals surface area (Å²) >= 11 is 1.47. The van der Waals surface area contributed by atoms with Gasteiger partial charge < -0.3 is 10.2 Å². The maximum Gasteiger partial charge on any atom is 0.274 e. The van der Waals surface area contributed by atoms with Crippen molar-refractivity contribution in [3.05, 3.63) is 82.3 Å². The first-order valence-corrected chi connectivity index (χ1v) is 10.6. The molecule has 0 bridgehead atoms. The van der Waals surface area contributed by atoms with Gasteiger partial charge in [0.2, 0.25) is 5.91 Å². The minimum atomic E-state index is -0.595. The van der Waals surface area contributed by atoms with Crippen molar-refractivity contribution in [2.24, 2.45) is 0 Å². The Morgan fingerprint density at radius 1 is 1.07 bits per heavy atom. The van der Waals surface area contributed by atoms with Gasteiger partial charge in [0.25, 0.3) is 5.91 Å². The smallest absolute Gasteiger partial charge is 0.274 e. The zero-order chi connectivity index (χ0) is 20.6. The molecule has 29 heavy (non-hydrogen) atoms. The molecule has 0 saturated heterocycles. The standard InChI is InChI=1S/C23H25N3O2S/c1-3-14-26(17(2)22(27)24-19-12-8-5-9-13-19)23(28)20-16-29-21(25-20)15-18-10-6-4-7-11-18/h4-13,16-17H,3,14-15H2,1-2H3,(H,24,27). The molecule has 1 unspecified atom stereocenters. The molecule has 3 aromatic rings. The van der Waals surface area contributed by atoms with Crippen LogP contribution in [0.2, 0.25) is 0 Å². The predicted octanol–water partition coefficient (Wildman–Crippen LogP) is 4.61. The van der Waals surface area contributed by atoms with Crippen LogP contribution in [0.5, 0.6) is 0 Å². The summed E-state index contributed by atoms with van der Waals surface area (Å²) in [6.45, 7) is 4.24. The fourth-order valence-corrected chi connectivity index (χ4v) is 3.83. The number of benzene rings is 2. The quantitative estimate of drug-likeness (QED) is 0.593. The van der Waals surface area contributed by atoms with Crippen LogP contribution < -0.4 is 5.32 Å². The molecule has 6 heteroatoms. The Hall–Kier alpha value is -2.99. The number of carbonyl (C=O) groups excluding carboxylic acids is 2. The van der Waals surface area contributed by atoms with Gasteiger partial charge in [-0.2, -0.15) is 0 Å². The molecule has 1 heterocycles. The van der Waals surface area contributed by atoms with E-state index in [1.165, 1.54) is 11.3 Å². The predicted molar refractivity (Wildman–Crippen MR) is 117 cm³/mol. The third kappa shape index (κ3) is 5.51. The maximum atomic E-state index is 13.1. The highest BCUT2D eigenvalue weighted by molar-refractivity contribution is 7.09. The van der Waals surface area contributed by atoms with Crippen molar-refractivity contribution in [1.29, 1.82) is 0 Å². The number of nitrogens with zero attached hydrogens (tertiary/aromatic N) is 2. The summed E-state index contributed by atoms with van der Waals surface area (Å²) in [5, 5.41) is 5.54. The third-order valence-electron chi connectivity index (χ3n) is 4.58. The fourth-order valence-electron chi connectivity index (χ4n) is 3.03. The van der Waals surface area contributed by atoms with Gasteiger partial charge in [0, 0.05) is 24.0 Å². The normalized spacial score (nSPS) is 11.7. The number of thiazole rings is 1. The molecule has 0 aliphatic carbocycles. The number of anilines is 1. The van der Waals surface area contributed by atoms with Crippen LogP contribution in [0, 0.1) is 0 Å². The second-order valence-electron chi connectivity index (χ2n) is 6.82. The molecule has 1 aromatic heterocycles. The highest BCUT2D eigenvalue weighted by Gasteiger charge is 2.27. The molecule has 150 valence electrons. The van der Waals surface area contributed by atoms with Crippen LogP contribution in [0.4, 0.5) is 5.69 Å². The fraction of sp³-hybridized carbons (Fsp3) is 0.261. The second-order valence-corrected chi connectivity index (χ2v) is 7.76. The average Bonchev–Trinajstić information content (AvgIpc) is 3.21. The summed E-state index contributed by atoms with van der Waals surface area (Å²) in [6, 6.07) is 18.7. The molecule has 2 amide bonds. The summed E-state index contributed by atoms with van der Waals surface area (Å²) in [5.41, 5.74) is 2.27.